The van der Waals surface area contributed by atoms with Crippen LogP contribution in [-0.4, -0.2) is 112 Å². The van der Waals surface area contributed by atoms with Crippen LogP contribution in [0.25, 0.3) is 0 Å². The van der Waals surface area contributed by atoms with Gasteiger partial charge in [0.15, 0.2) is 0 Å². The average molecular weight is 807 g/mol. The van der Waals surface area contributed by atoms with Crippen molar-refractivity contribution in [3.63, 3.8) is 0 Å². The standard InChI is InChI=1S/C38H58N6O13/c1-22(2)18-26(44-33(51)27(19-23-12-10-9-11-13-23)43-30(47)21-40-36(55)57-38(6,7)8)32(50)39-20-29(46)42-25(35(54)56-37(3,4)5)14-16-28(45)41-24(34(52)53)15-17-31(48)49/h9-13,22,24-27H,14-21H2,1-8H3,(H,39,50)(H,40,55)(H,41,45)(H,42,46)(H,43,47)(H,44,51)(H,48,49)(H,52,53). The van der Waals surface area contributed by atoms with Gasteiger partial charge in [-0.05, 0) is 72.3 Å². The van der Waals surface area contributed by atoms with Crippen LogP contribution in [0.15, 0.2) is 30.3 Å². The molecule has 4 atom stereocenters. The fourth-order valence-electron chi connectivity index (χ4n) is 4.97. The summed E-state index contributed by atoms with van der Waals surface area (Å²) in [6, 6.07) is 3.51. The molecule has 8 N–H and O–H groups in total. The number of alkyl carbamates (subject to hydrolysis) is 1. The molecule has 0 aromatic heterocycles. The van der Waals surface area contributed by atoms with E-state index in [0.29, 0.717) is 5.56 Å². The molecule has 19 heteroatoms. The number of hydrogen-bond donors (Lipinski definition) is 8. The first-order valence-corrected chi connectivity index (χ1v) is 18.5. The van der Waals surface area contributed by atoms with Gasteiger partial charge in [-0.15, -0.1) is 0 Å². The molecular weight excluding hydrogens is 748 g/mol. The van der Waals surface area contributed by atoms with Gasteiger partial charge in [0, 0.05) is 19.3 Å². The molecule has 6 amide bonds. The van der Waals surface area contributed by atoms with Crippen LogP contribution in [0.1, 0.15) is 93.1 Å². The van der Waals surface area contributed by atoms with Crippen molar-refractivity contribution >= 4 is 53.5 Å². The summed E-state index contributed by atoms with van der Waals surface area (Å²) in [5.74, 6) is -7.58. The molecule has 0 saturated carbocycles. The fourth-order valence-corrected chi connectivity index (χ4v) is 4.97. The molecule has 1 aromatic rings. The van der Waals surface area contributed by atoms with E-state index in [0.717, 1.165) is 0 Å². The highest BCUT2D eigenvalue weighted by Gasteiger charge is 2.31. The van der Waals surface area contributed by atoms with Crippen LogP contribution in [0, 0.1) is 5.92 Å². The summed E-state index contributed by atoms with van der Waals surface area (Å²) >= 11 is 0. The Morgan fingerprint density at radius 1 is 0.614 bits per heavy atom. The number of amides is 6. The molecule has 318 valence electrons. The lowest BCUT2D eigenvalue weighted by molar-refractivity contribution is -0.159. The first-order valence-electron chi connectivity index (χ1n) is 18.5. The molecule has 0 bridgehead atoms. The fraction of sp³-hybridized carbons (Fsp3) is 0.605. The molecule has 1 aromatic carbocycles. The van der Waals surface area contributed by atoms with Crippen LogP contribution in [0.5, 0.6) is 0 Å². The smallest absolute Gasteiger partial charge is 0.408 e. The Balaban J connectivity index is 3.05. The molecule has 0 heterocycles. The predicted molar refractivity (Wildman–Crippen MR) is 204 cm³/mol. The van der Waals surface area contributed by atoms with Crippen molar-refractivity contribution < 1.29 is 62.8 Å². The monoisotopic (exact) mass is 806 g/mol. The minimum absolute atomic E-state index is 0.0344. The Bertz CT molecular complexity index is 1570. The van der Waals surface area contributed by atoms with Crippen molar-refractivity contribution in [1.82, 2.24) is 31.9 Å². The zero-order chi connectivity index (χ0) is 43.5. The van der Waals surface area contributed by atoms with Crippen LogP contribution in [0.4, 0.5) is 4.79 Å². The lowest BCUT2D eigenvalue weighted by Crippen LogP contribution is -2.56. The number of ether oxygens (including phenoxy) is 2. The van der Waals surface area contributed by atoms with Crippen molar-refractivity contribution in [3.8, 4) is 0 Å². The van der Waals surface area contributed by atoms with Gasteiger partial charge in [-0.25, -0.2) is 14.4 Å². The highest BCUT2D eigenvalue weighted by Crippen LogP contribution is 2.12. The largest absolute Gasteiger partial charge is 0.481 e. The number of hydrogen-bond acceptors (Lipinski definition) is 11. The van der Waals surface area contributed by atoms with Gasteiger partial charge in [-0.3, -0.25) is 28.8 Å². The third kappa shape index (κ3) is 22.4. The maximum absolute atomic E-state index is 13.6. The third-order valence-electron chi connectivity index (χ3n) is 7.46. The van der Waals surface area contributed by atoms with Gasteiger partial charge in [0.2, 0.25) is 29.5 Å². The summed E-state index contributed by atoms with van der Waals surface area (Å²) < 4.78 is 10.5. The summed E-state index contributed by atoms with van der Waals surface area (Å²) in [5.41, 5.74) is -1.10. The lowest BCUT2D eigenvalue weighted by atomic mass is 10.0. The first-order chi connectivity index (χ1) is 26.3. The normalized spacial score (nSPS) is 13.4. The maximum atomic E-state index is 13.6. The van der Waals surface area contributed by atoms with E-state index in [2.05, 4.69) is 31.9 Å². The second kappa shape index (κ2) is 23.3. The first kappa shape index (κ1) is 49.3. The zero-order valence-corrected chi connectivity index (χ0v) is 33.8. The van der Waals surface area contributed by atoms with E-state index in [9.17, 15) is 48.3 Å². The van der Waals surface area contributed by atoms with Crippen LogP contribution in [0.3, 0.4) is 0 Å². The predicted octanol–water partition coefficient (Wildman–Crippen LogP) is 0.927. The molecular formula is C38H58N6O13. The molecule has 0 saturated heterocycles. The highest BCUT2D eigenvalue weighted by molar-refractivity contribution is 5.94. The van der Waals surface area contributed by atoms with Crippen molar-refractivity contribution in [3.05, 3.63) is 35.9 Å². The van der Waals surface area contributed by atoms with Gasteiger partial charge >= 0.3 is 24.0 Å². The second-order valence-corrected chi connectivity index (χ2v) is 15.7. The minimum Gasteiger partial charge on any atom is -0.481 e. The topological polar surface area (TPSA) is 285 Å². The SMILES string of the molecule is CC(C)CC(NC(=O)C(Cc1ccccc1)NC(=O)CNC(=O)OC(C)(C)C)C(=O)NCC(=O)NC(CCC(=O)NC(CCC(=O)O)C(=O)O)C(=O)OC(C)(C)C. The number of rotatable bonds is 22. The lowest BCUT2D eigenvalue weighted by Gasteiger charge is -2.25. The molecule has 0 aliphatic carbocycles. The van der Waals surface area contributed by atoms with Gasteiger partial charge in [0.1, 0.15) is 41.9 Å². The van der Waals surface area contributed by atoms with E-state index in [1.165, 1.54) is 0 Å². The quantitative estimate of drug-likeness (QED) is 0.0758. The van der Waals surface area contributed by atoms with Crippen LogP contribution in [0.2, 0.25) is 0 Å². The van der Waals surface area contributed by atoms with Crippen LogP contribution in [-0.2, 0) is 54.3 Å². The second-order valence-electron chi connectivity index (χ2n) is 15.7. The number of carboxylic acid groups (broad SMARTS) is 2. The van der Waals surface area contributed by atoms with Gasteiger partial charge in [0.05, 0.1) is 6.54 Å². The van der Waals surface area contributed by atoms with E-state index in [4.69, 9.17) is 14.6 Å². The Morgan fingerprint density at radius 3 is 1.67 bits per heavy atom. The minimum atomic E-state index is -1.50. The van der Waals surface area contributed by atoms with Gasteiger partial charge in [-0.2, -0.15) is 0 Å². The number of carboxylic acids is 2. The average Bonchev–Trinajstić information content (AvgIpc) is 3.07. The van der Waals surface area contributed by atoms with Crippen LogP contribution < -0.4 is 31.9 Å². The molecule has 1 rings (SSSR count). The maximum Gasteiger partial charge on any atom is 0.408 e. The Morgan fingerprint density at radius 2 is 1.14 bits per heavy atom. The number of aliphatic carboxylic acids is 2. The molecule has 4 unspecified atom stereocenters. The zero-order valence-electron chi connectivity index (χ0n) is 33.8. The summed E-state index contributed by atoms with van der Waals surface area (Å²) in [6.07, 6.45) is -2.34. The van der Waals surface area contributed by atoms with Crippen molar-refractivity contribution in [2.75, 3.05) is 13.1 Å². The van der Waals surface area contributed by atoms with E-state index < -0.39 is 115 Å². The number of carbonyl (C=O) groups is 9. The van der Waals surface area contributed by atoms with E-state index in [1.54, 1.807) is 85.7 Å². The third-order valence-corrected chi connectivity index (χ3v) is 7.46. The van der Waals surface area contributed by atoms with Crippen molar-refractivity contribution in [1.29, 1.82) is 0 Å². The van der Waals surface area contributed by atoms with E-state index in [-0.39, 0.29) is 31.6 Å². The Hall–Kier alpha value is -5.75. The molecule has 0 aliphatic rings. The van der Waals surface area contributed by atoms with Crippen LogP contribution >= 0.6 is 0 Å². The molecule has 0 aliphatic heterocycles. The van der Waals surface area contributed by atoms with Crippen molar-refractivity contribution in [2.24, 2.45) is 5.92 Å². The number of esters is 1. The molecule has 0 fully saturated rings. The van der Waals surface area contributed by atoms with Crippen molar-refractivity contribution in [2.45, 2.75) is 129 Å². The van der Waals surface area contributed by atoms with E-state index in [1.807, 2.05) is 0 Å². The number of benzene rings is 1. The summed E-state index contributed by atoms with van der Waals surface area (Å²) in [4.78, 5) is 113. The Labute approximate surface area is 332 Å². The molecule has 0 spiro atoms. The molecule has 19 nitrogen and oxygen atoms in total. The number of carbonyl (C=O) groups excluding carboxylic acids is 7. The summed E-state index contributed by atoms with van der Waals surface area (Å²) in [7, 11) is 0. The number of nitrogens with one attached hydrogen (secondary N) is 6. The summed E-state index contributed by atoms with van der Waals surface area (Å²) in [6.45, 7) is 12.2. The summed E-state index contributed by atoms with van der Waals surface area (Å²) in [5, 5.41) is 32.8. The van der Waals surface area contributed by atoms with Gasteiger partial charge in [-0.1, -0.05) is 44.2 Å². The molecule has 0 radical (unpaired) electrons. The highest BCUT2D eigenvalue weighted by atomic mass is 16.6. The Kier molecular flexibility index (Phi) is 20.2. The van der Waals surface area contributed by atoms with Gasteiger partial charge < -0.3 is 51.6 Å². The van der Waals surface area contributed by atoms with E-state index >= 15 is 0 Å². The van der Waals surface area contributed by atoms with Gasteiger partial charge in [0.25, 0.3) is 0 Å². The molecule has 57 heavy (non-hydrogen) atoms.